The monoisotopic (exact) mass is 438 g/mol. The van der Waals surface area contributed by atoms with Crippen molar-refractivity contribution in [2.24, 2.45) is 5.73 Å². The third kappa shape index (κ3) is 3.39. The molecule has 1 saturated heterocycles. The number of carbonyl (C=O) groups excluding carboxylic acids is 2. The lowest BCUT2D eigenvalue weighted by Gasteiger charge is -2.38. The van der Waals surface area contributed by atoms with Gasteiger partial charge in [0.2, 0.25) is 5.91 Å². The van der Waals surface area contributed by atoms with Gasteiger partial charge in [-0.3, -0.25) is 9.59 Å². The van der Waals surface area contributed by atoms with Crippen molar-refractivity contribution >= 4 is 45.5 Å². The Morgan fingerprint density at radius 1 is 1.32 bits per heavy atom. The lowest BCUT2D eigenvalue weighted by Crippen LogP contribution is -2.61. The van der Waals surface area contributed by atoms with Crippen LogP contribution in [0.25, 0.3) is 27.9 Å². The van der Waals surface area contributed by atoms with Gasteiger partial charge in [-0.2, -0.15) is 5.10 Å². The number of nitrogens with one attached hydrogen (secondary N) is 2. The lowest BCUT2D eigenvalue weighted by atomic mass is 10.1. The summed E-state index contributed by atoms with van der Waals surface area (Å²) < 4.78 is 1.63. The number of H-pyrrole nitrogens is 1. The summed E-state index contributed by atoms with van der Waals surface area (Å²) in [5.74, 6) is -0.124. The molecule has 1 aromatic carbocycles. The van der Waals surface area contributed by atoms with Crippen LogP contribution in [0.2, 0.25) is 5.02 Å². The molecule has 1 fully saturated rings. The summed E-state index contributed by atoms with van der Waals surface area (Å²) in [7, 11) is 0. The van der Waals surface area contributed by atoms with E-state index in [2.05, 4.69) is 25.4 Å². The number of aromatic amines is 1. The van der Waals surface area contributed by atoms with Gasteiger partial charge in [-0.25, -0.2) is 14.6 Å². The van der Waals surface area contributed by atoms with E-state index in [4.69, 9.17) is 17.3 Å². The molecule has 4 N–H and O–H groups in total. The van der Waals surface area contributed by atoms with Crippen molar-refractivity contribution in [3.8, 4) is 5.82 Å². The summed E-state index contributed by atoms with van der Waals surface area (Å²) in [6.07, 6.45) is 4.79. The first-order valence-electron chi connectivity index (χ1n) is 9.73. The van der Waals surface area contributed by atoms with Gasteiger partial charge in [-0.05, 0) is 25.1 Å². The highest BCUT2D eigenvalue weighted by Crippen LogP contribution is 2.22. The number of fused-ring (bicyclic) bond motifs is 2. The summed E-state index contributed by atoms with van der Waals surface area (Å²) in [4.78, 5) is 38.8. The first-order valence-corrected chi connectivity index (χ1v) is 10.1. The average molecular weight is 439 g/mol. The molecule has 4 aromatic rings. The Balaban J connectivity index is 1.43. The lowest BCUT2D eigenvalue weighted by molar-refractivity contribution is -0.137. The van der Waals surface area contributed by atoms with Crippen LogP contribution in [0.5, 0.6) is 0 Å². The molecule has 2 amide bonds. The Morgan fingerprint density at radius 3 is 2.90 bits per heavy atom. The molecule has 0 bridgehead atoms. The van der Waals surface area contributed by atoms with Gasteiger partial charge >= 0.3 is 0 Å². The van der Waals surface area contributed by atoms with Crippen LogP contribution in [-0.2, 0) is 4.79 Å². The summed E-state index contributed by atoms with van der Waals surface area (Å²) >= 11 is 6.05. The zero-order valence-electron chi connectivity index (χ0n) is 16.5. The highest BCUT2D eigenvalue weighted by molar-refractivity contribution is 6.31. The van der Waals surface area contributed by atoms with Crippen LogP contribution in [0.3, 0.4) is 0 Å². The molecule has 0 saturated carbocycles. The zero-order chi connectivity index (χ0) is 21.7. The fraction of sp³-hybridized carbons (Fsp3) is 0.250. The molecular formula is C20H19ClN8O2. The van der Waals surface area contributed by atoms with Crippen LogP contribution in [0, 0.1) is 0 Å². The maximum atomic E-state index is 12.8. The molecule has 0 unspecified atom stereocenters. The Morgan fingerprint density at radius 2 is 2.13 bits per heavy atom. The highest BCUT2D eigenvalue weighted by Gasteiger charge is 2.31. The normalized spacial score (nSPS) is 15.3. The van der Waals surface area contributed by atoms with Crippen LogP contribution in [0.15, 0.2) is 36.8 Å². The van der Waals surface area contributed by atoms with Crippen LogP contribution in [0.4, 0.5) is 0 Å². The number of hydrogen-bond donors (Lipinski definition) is 3. The summed E-state index contributed by atoms with van der Waals surface area (Å²) in [5, 5.41) is 8.58. The fourth-order valence-electron chi connectivity index (χ4n) is 3.65. The minimum atomic E-state index is -0.680. The molecule has 1 aliphatic rings. The largest absolute Gasteiger partial charge is 0.344 e. The maximum Gasteiger partial charge on any atom is 0.255 e. The van der Waals surface area contributed by atoms with E-state index in [1.165, 1.54) is 6.20 Å². The second-order valence-corrected chi connectivity index (χ2v) is 8.02. The van der Waals surface area contributed by atoms with E-state index in [9.17, 15) is 9.59 Å². The SMILES string of the molecule is C[C@@H](NC(=O)c1c[nH]c2ncc(-n3ncc4cc(Cl)ccc43)nc12)C(=O)N1CC(N)C1. The Bertz CT molecular complexity index is 1320. The minimum absolute atomic E-state index is 0.00330. The smallest absolute Gasteiger partial charge is 0.255 e. The molecular weight excluding hydrogens is 420 g/mol. The first kappa shape index (κ1) is 19.5. The summed E-state index contributed by atoms with van der Waals surface area (Å²) in [5.41, 5.74) is 7.68. The van der Waals surface area contributed by atoms with Gasteiger partial charge in [0.15, 0.2) is 11.5 Å². The van der Waals surface area contributed by atoms with Crippen molar-refractivity contribution in [1.29, 1.82) is 0 Å². The van der Waals surface area contributed by atoms with Crippen molar-refractivity contribution in [2.75, 3.05) is 13.1 Å². The van der Waals surface area contributed by atoms with E-state index in [0.29, 0.717) is 40.7 Å². The number of halogens is 1. The van der Waals surface area contributed by atoms with Crippen LogP contribution in [0.1, 0.15) is 17.3 Å². The summed E-state index contributed by atoms with van der Waals surface area (Å²) in [6, 6.07) is 4.75. The Labute approximate surface area is 181 Å². The van der Waals surface area contributed by atoms with Gasteiger partial charge in [-0.1, -0.05) is 11.6 Å². The quantitative estimate of drug-likeness (QED) is 0.438. The second-order valence-electron chi connectivity index (χ2n) is 7.59. The van der Waals surface area contributed by atoms with Gasteiger partial charge in [0, 0.05) is 35.7 Å². The number of nitrogens with zero attached hydrogens (tertiary/aromatic N) is 5. The summed E-state index contributed by atoms with van der Waals surface area (Å²) in [6.45, 7) is 2.66. The predicted molar refractivity (Wildman–Crippen MR) is 115 cm³/mol. The molecule has 1 atom stereocenters. The topological polar surface area (TPSA) is 135 Å². The number of hydrogen-bond acceptors (Lipinski definition) is 6. The Hall–Kier alpha value is -3.50. The number of benzene rings is 1. The van der Waals surface area contributed by atoms with Gasteiger partial charge in [-0.15, -0.1) is 0 Å². The fourth-order valence-corrected chi connectivity index (χ4v) is 3.83. The number of amides is 2. The molecule has 10 nitrogen and oxygen atoms in total. The van der Waals surface area contributed by atoms with Crippen molar-refractivity contribution in [2.45, 2.75) is 19.0 Å². The molecule has 158 valence electrons. The van der Waals surface area contributed by atoms with E-state index in [1.807, 2.05) is 12.1 Å². The number of rotatable bonds is 4. The predicted octanol–water partition coefficient (Wildman–Crippen LogP) is 1.24. The average Bonchev–Trinajstić information content (AvgIpc) is 3.33. The molecule has 0 spiro atoms. The van der Waals surface area contributed by atoms with Gasteiger partial charge in [0.1, 0.15) is 11.6 Å². The zero-order valence-corrected chi connectivity index (χ0v) is 17.3. The molecule has 11 heteroatoms. The highest BCUT2D eigenvalue weighted by atomic mass is 35.5. The minimum Gasteiger partial charge on any atom is -0.344 e. The molecule has 0 radical (unpaired) electrons. The van der Waals surface area contributed by atoms with Crippen molar-refractivity contribution in [3.05, 3.63) is 47.4 Å². The Kier molecular flexibility index (Phi) is 4.60. The second kappa shape index (κ2) is 7.33. The number of aromatic nitrogens is 5. The number of nitrogens with two attached hydrogens (primary N) is 1. The van der Waals surface area contributed by atoms with Gasteiger partial charge in [0.25, 0.3) is 5.91 Å². The van der Waals surface area contributed by atoms with E-state index in [0.717, 1.165) is 10.9 Å². The van der Waals surface area contributed by atoms with Crippen LogP contribution < -0.4 is 11.1 Å². The third-order valence-electron chi connectivity index (χ3n) is 5.30. The molecule has 31 heavy (non-hydrogen) atoms. The molecule has 4 heterocycles. The van der Waals surface area contributed by atoms with E-state index < -0.39 is 11.9 Å². The van der Waals surface area contributed by atoms with E-state index in [-0.39, 0.29) is 11.9 Å². The van der Waals surface area contributed by atoms with Crippen molar-refractivity contribution < 1.29 is 9.59 Å². The first-order chi connectivity index (χ1) is 14.9. The van der Waals surface area contributed by atoms with Crippen molar-refractivity contribution in [3.63, 3.8) is 0 Å². The van der Waals surface area contributed by atoms with E-state index in [1.54, 1.807) is 35.0 Å². The van der Waals surface area contributed by atoms with Crippen LogP contribution >= 0.6 is 11.6 Å². The number of carbonyl (C=O) groups is 2. The van der Waals surface area contributed by atoms with Crippen molar-refractivity contribution in [1.82, 2.24) is 34.9 Å². The molecule has 3 aromatic heterocycles. The molecule has 0 aliphatic carbocycles. The standard InChI is InChI=1S/C20H19ClN8O2/c1-10(20(31)28-8-13(22)9-28)26-19(30)14-6-23-18-17(14)27-16(7-24-18)29-15-3-2-12(21)4-11(15)5-25-29/h2-7,10,13H,8-9,22H2,1H3,(H,23,24)(H,26,30)/t10-/m1/s1. The molecule has 1 aliphatic heterocycles. The van der Waals surface area contributed by atoms with Gasteiger partial charge in [0.05, 0.1) is 23.5 Å². The number of likely N-dealkylation sites (tertiary alicyclic amines) is 1. The van der Waals surface area contributed by atoms with Crippen LogP contribution in [-0.4, -0.2) is 66.6 Å². The van der Waals surface area contributed by atoms with Gasteiger partial charge < -0.3 is 20.9 Å². The van der Waals surface area contributed by atoms with E-state index >= 15 is 0 Å². The molecule has 5 rings (SSSR count). The third-order valence-corrected chi connectivity index (χ3v) is 5.53. The maximum absolute atomic E-state index is 12.8.